The molecular formula is C17H12F4N4O. The number of hydrogen-bond donors (Lipinski definition) is 1. The van der Waals surface area contributed by atoms with Crippen molar-refractivity contribution in [2.75, 3.05) is 0 Å². The van der Waals surface area contributed by atoms with Crippen molar-refractivity contribution in [2.24, 2.45) is 5.73 Å². The Morgan fingerprint density at radius 2 is 1.88 bits per heavy atom. The monoisotopic (exact) mass is 364 g/mol. The van der Waals surface area contributed by atoms with Crippen molar-refractivity contribution in [3.63, 3.8) is 0 Å². The van der Waals surface area contributed by atoms with E-state index in [0.29, 0.717) is 17.4 Å². The molecule has 5 nitrogen and oxygen atoms in total. The van der Waals surface area contributed by atoms with E-state index in [-0.39, 0.29) is 17.7 Å². The maximum absolute atomic E-state index is 13.5. The van der Waals surface area contributed by atoms with E-state index in [0.717, 1.165) is 12.1 Å². The standard InChI is InChI=1S/C17H12F4N4O/c18-13-7-11(6-12(9-13)17(19,20)21)5-10-1-3-23-15(8-10)25-4-2-14(24-25)16(22)26/h1-4,6-9H,5H2,(H2,22,26). The normalized spacial score (nSPS) is 11.5. The van der Waals surface area contributed by atoms with Crippen molar-refractivity contribution in [3.8, 4) is 5.82 Å². The first-order valence-electron chi connectivity index (χ1n) is 7.40. The lowest BCUT2D eigenvalue weighted by Gasteiger charge is -2.10. The van der Waals surface area contributed by atoms with Crippen molar-refractivity contribution in [1.82, 2.24) is 14.8 Å². The van der Waals surface area contributed by atoms with E-state index in [1.165, 1.54) is 23.1 Å². The molecule has 26 heavy (non-hydrogen) atoms. The Kier molecular flexibility index (Phi) is 4.45. The number of primary amides is 1. The first kappa shape index (κ1) is 17.6. The molecule has 2 heterocycles. The molecule has 3 rings (SSSR count). The lowest BCUT2D eigenvalue weighted by atomic mass is 10.0. The number of nitrogens with zero attached hydrogens (tertiary/aromatic N) is 3. The lowest BCUT2D eigenvalue weighted by molar-refractivity contribution is -0.137. The van der Waals surface area contributed by atoms with Crippen molar-refractivity contribution < 1.29 is 22.4 Å². The molecule has 0 bridgehead atoms. The summed E-state index contributed by atoms with van der Waals surface area (Å²) in [6, 6.07) is 7.00. The Bertz CT molecular complexity index is 965. The number of alkyl halides is 3. The fraction of sp³-hybridized carbons (Fsp3) is 0.118. The van der Waals surface area contributed by atoms with Crippen LogP contribution in [0.5, 0.6) is 0 Å². The van der Waals surface area contributed by atoms with Gasteiger partial charge in [-0.05, 0) is 53.9 Å². The van der Waals surface area contributed by atoms with Gasteiger partial charge in [0.15, 0.2) is 5.82 Å². The number of hydrogen-bond acceptors (Lipinski definition) is 3. The molecular weight excluding hydrogens is 352 g/mol. The van der Waals surface area contributed by atoms with Crippen LogP contribution in [-0.2, 0) is 12.6 Å². The fourth-order valence-electron chi connectivity index (χ4n) is 2.43. The second kappa shape index (κ2) is 6.58. The number of pyridine rings is 1. The van der Waals surface area contributed by atoms with Crippen LogP contribution in [0.25, 0.3) is 5.82 Å². The second-order valence-corrected chi connectivity index (χ2v) is 5.55. The molecule has 0 atom stereocenters. The Morgan fingerprint density at radius 3 is 2.54 bits per heavy atom. The number of amides is 1. The van der Waals surface area contributed by atoms with E-state index >= 15 is 0 Å². The Morgan fingerprint density at radius 1 is 1.12 bits per heavy atom. The molecule has 0 saturated heterocycles. The van der Waals surface area contributed by atoms with Crippen molar-refractivity contribution in [2.45, 2.75) is 12.6 Å². The van der Waals surface area contributed by atoms with E-state index in [4.69, 9.17) is 5.73 Å². The van der Waals surface area contributed by atoms with Gasteiger partial charge in [0.05, 0.1) is 5.56 Å². The van der Waals surface area contributed by atoms with Gasteiger partial charge in [-0.15, -0.1) is 0 Å². The number of nitrogens with two attached hydrogens (primary N) is 1. The highest BCUT2D eigenvalue weighted by Gasteiger charge is 2.31. The molecule has 0 aliphatic carbocycles. The molecule has 9 heteroatoms. The highest BCUT2D eigenvalue weighted by atomic mass is 19.4. The molecule has 0 unspecified atom stereocenters. The SMILES string of the molecule is NC(=O)c1ccn(-c2cc(Cc3cc(F)cc(C(F)(F)F)c3)ccn2)n1. The van der Waals surface area contributed by atoms with E-state index in [1.54, 1.807) is 12.1 Å². The maximum Gasteiger partial charge on any atom is 0.416 e. The van der Waals surface area contributed by atoms with Crippen LogP contribution in [0.4, 0.5) is 17.6 Å². The number of benzene rings is 1. The van der Waals surface area contributed by atoms with E-state index in [2.05, 4.69) is 10.1 Å². The molecule has 0 spiro atoms. The number of aromatic nitrogens is 3. The first-order valence-corrected chi connectivity index (χ1v) is 7.40. The predicted octanol–water partition coefficient (Wildman–Crippen LogP) is 3.11. The minimum Gasteiger partial charge on any atom is -0.364 e. The fourth-order valence-corrected chi connectivity index (χ4v) is 2.43. The Labute approximate surface area is 145 Å². The molecule has 2 N–H and O–H groups in total. The Hall–Kier alpha value is -3.23. The van der Waals surface area contributed by atoms with Crippen LogP contribution in [0.2, 0.25) is 0 Å². The largest absolute Gasteiger partial charge is 0.416 e. The summed E-state index contributed by atoms with van der Waals surface area (Å²) in [5, 5.41) is 3.96. The molecule has 0 aliphatic rings. The predicted molar refractivity (Wildman–Crippen MR) is 84.1 cm³/mol. The quantitative estimate of drug-likeness (QED) is 0.723. The van der Waals surface area contributed by atoms with Crippen LogP contribution in [0.1, 0.15) is 27.2 Å². The van der Waals surface area contributed by atoms with Gasteiger partial charge in [0.1, 0.15) is 11.5 Å². The zero-order valence-electron chi connectivity index (χ0n) is 13.2. The summed E-state index contributed by atoms with van der Waals surface area (Å²) in [7, 11) is 0. The maximum atomic E-state index is 13.5. The lowest BCUT2D eigenvalue weighted by Crippen LogP contribution is -2.12. The molecule has 1 aromatic carbocycles. The van der Waals surface area contributed by atoms with Crippen LogP contribution in [-0.4, -0.2) is 20.7 Å². The van der Waals surface area contributed by atoms with Gasteiger partial charge in [-0.3, -0.25) is 4.79 Å². The minimum atomic E-state index is -4.62. The van der Waals surface area contributed by atoms with Crippen LogP contribution in [0, 0.1) is 5.82 Å². The number of rotatable bonds is 4. The van der Waals surface area contributed by atoms with Gasteiger partial charge in [-0.25, -0.2) is 14.1 Å². The molecule has 0 fully saturated rings. The smallest absolute Gasteiger partial charge is 0.364 e. The Balaban J connectivity index is 1.89. The van der Waals surface area contributed by atoms with Crippen molar-refractivity contribution in [3.05, 3.63) is 77.0 Å². The topological polar surface area (TPSA) is 73.8 Å². The van der Waals surface area contributed by atoms with Crippen LogP contribution >= 0.6 is 0 Å². The molecule has 0 aliphatic heterocycles. The van der Waals surface area contributed by atoms with Gasteiger partial charge in [0.2, 0.25) is 0 Å². The van der Waals surface area contributed by atoms with Gasteiger partial charge in [0, 0.05) is 12.4 Å². The molecule has 0 saturated carbocycles. The summed E-state index contributed by atoms with van der Waals surface area (Å²) in [6.45, 7) is 0. The summed E-state index contributed by atoms with van der Waals surface area (Å²) in [5.74, 6) is -1.30. The average molecular weight is 364 g/mol. The van der Waals surface area contributed by atoms with E-state index < -0.39 is 23.5 Å². The third kappa shape index (κ3) is 3.88. The van der Waals surface area contributed by atoms with Crippen LogP contribution in [0.3, 0.4) is 0 Å². The summed E-state index contributed by atoms with van der Waals surface area (Å²) in [4.78, 5) is 15.2. The van der Waals surface area contributed by atoms with Gasteiger partial charge in [0.25, 0.3) is 5.91 Å². The van der Waals surface area contributed by atoms with Gasteiger partial charge in [-0.1, -0.05) is 0 Å². The molecule has 134 valence electrons. The highest BCUT2D eigenvalue weighted by Crippen LogP contribution is 2.31. The highest BCUT2D eigenvalue weighted by molar-refractivity contribution is 5.90. The minimum absolute atomic E-state index is 0.0529. The molecule has 2 aromatic heterocycles. The van der Waals surface area contributed by atoms with Gasteiger partial charge in [-0.2, -0.15) is 18.3 Å². The van der Waals surface area contributed by atoms with Gasteiger partial charge >= 0.3 is 6.18 Å². The summed E-state index contributed by atoms with van der Waals surface area (Å²) in [5.41, 5.74) is 4.92. The van der Waals surface area contributed by atoms with Crippen molar-refractivity contribution >= 4 is 5.91 Å². The van der Waals surface area contributed by atoms with Gasteiger partial charge < -0.3 is 5.73 Å². The molecule has 0 radical (unpaired) electrons. The number of carbonyl (C=O) groups excluding carboxylic acids is 1. The molecule has 1 amide bonds. The number of carbonyl (C=O) groups is 1. The van der Waals surface area contributed by atoms with Crippen molar-refractivity contribution in [1.29, 1.82) is 0 Å². The number of halogens is 4. The summed E-state index contributed by atoms with van der Waals surface area (Å²) in [6.07, 6.45) is -1.63. The molecule has 3 aromatic rings. The van der Waals surface area contributed by atoms with Crippen LogP contribution < -0.4 is 5.73 Å². The summed E-state index contributed by atoms with van der Waals surface area (Å²) >= 11 is 0. The van der Waals surface area contributed by atoms with E-state index in [9.17, 15) is 22.4 Å². The summed E-state index contributed by atoms with van der Waals surface area (Å²) < 4.78 is 53.3. The van der Waals surface area contributed by atoms with Crippen LogP contribution in [0.15, 0.2) is 48.8 Å². The average Bonchev–Trinajstić information content (AvgIpc) is 3.04. The zero-order chi connectivity index (χ0) is 18.9. The van der Waals surface area contributed by atoms with E-state index in [1.807, 2.05) is 0 Å². The third-order valence-electron chi connectivity index (χ3n) is 3.58. The third-order valence-corrected chi connectivity index (χ3v) is 3.58. The zero-order valence-corrected chi connectivity index (χ0v) is 13.2. The first-order chi connectivity index (χ1) is 12.2. The second-order valence-electron chi connectivity index (χ2n) is 5.55.